The van der Waals surface area contributed by atoms with Crippen molar-refractivity contribution in [2.24, 2.45) is 0 Å². The van der Waals surface area contributed by atoms with Gasteiger partial charge in [-0.1, -0.05) is 48.0 Å². The third kappa shape index (κ3) is 5.86. The molecule has 0 saturated heterocycles. The normalized spacial score (nSPS) is 11.5. The molecule has 6 nitrogen and oxygen atoms in total. The van der Waals surface area contributed by atoms with Crippen molar-refractivity contribution in [3.05, 3.63) is 88.8 Å². The van der Waals surface area contributed by atoms with Crippen molar-refractivity contribution in [2.45, 2.75) is 26.2 Å². The standard InChI is InChI=1S/C22H20ClNO5/c1-15(21(25)24-13-16-7-5-6-10-19(16)23)28-22(26)20-12-11-18(29-20)14-27-17-8-3-2-4-9-17/h2-12,15H,13-14H2,1H3,(H,24,25)/t15-/m1/s1. The van der Waals surface area contributed by atoms with Gasteiger partial charge in [-0.3, -0.25) is 4.79 Å². The molecule has 1 heterocycles. The Hall–Kier alpha value is -3.25. The number of amides is 1. The van der Waals surface area contributed by atoms with Crippen LogP contribution in [0.5, 0.6) is 5.75 Å². The Morgan fingerprint density at radius 1 is 1.03 bits per heavy atom. The third-order valence-electron chi connectivity index (χ3n) is 4.05. The maximum atomic E-state index is 12.2. The van der Waals surface area contributed by atoms with E-state index in [1.165, 1.54) is 13.0 Å². The van der Waals surface area contributed by atoms with Gasteiger partial charge in [0.2, 0.25) is 5.76 Å². The van der Waals surface area contributed by atoms with Crippen LogP contribution in [-0.4, -0.2) is 18.0 Å². The molecule has 0 fully saturated rings. The Bertz CT molecular complexity index is 970. The average Bonchev–Trinajstić information content (AvgIpc) is 3.21. The minimum absolute atomic E-state index is 0.00224. The predicted molar refractivity (Wildman–Crippen MR) is 108 cm³/mol. The van der Waals surface area contributed by atoms with Crippen LogP contribution in [0, 0.1) is 0 Å². The molecule has 7 heteroatoms. The van der Waals surface area contributed by atoms with E-state index in [1.807, 2.05) is 36.4 Å². The maximum Gasteiger partial charge on any atom is 0.375 e. The molecule has 1 atom stereocenters. The van der Waals surface area contributed by atoms with E-state index in [4.69, 9.17) is 25.5 Å². The van der Waals surface area contributed by atoms with Gasteiger partial charge in [0.25, 0.3) is 5.91 Å². The molecule has 0 saturated carbocycles. The van der Waals surface area contributed by atoms with Gasteiger partial charge in [-0.05, 0) is 42.8 Å². The lowest BCUT2D eigenvalue weighted by atomic mass is 10.2. The lowest BCUT2D eigenvalue weighted by molar-refractivity contribution is -0.129. The Morgan fingerprint density at radius 2 is 1.76 bits per heavy atom. The molecule has 3 aromatic rings. The van der Waals surface area contributed by atoms with Gasteiger partial charge in [0.1, 0.15) is 18.1 Å². The molecule has 1 aromatic heterocycles. The number of nitrogens with one attached hydrogen (secondary N) is 1. The lowest BCUT2D eigenvalue weighted by Gasteiger charge is -2.13. The van der Waals surface area contributed by atoms with Crippen molar-refractivity contribution >= 4 is 23.5 Å². The van der Waals surface area contributed by atoms with E-state index in [0.717, 1.165) is 5.56 Å². The maximum absolute atomic E-state index is 12.2. The summed E-state index contributed by atoms with van der Waals surface area (Å²) in [4.78, 5) is 24.4. The second-order valence-corrected chi connectivity index (χ2v) is 6.63. The highest BCUT2D eigenvalue weighted by molar-refractivity contribution is 6.31. The van der Waals surface area contributed by atoms with E-state index >= 15 is 0 Å². The summed E-state index contributed by atoms with van der Waals surface area (Å²) < 4.78 is 16.2. The molecular weight excluding hydrogens is 394 g/mol. The topological polar surface area (TPSA) is 77.8 Å². The smallest absolute Gasteiger partial charge is 0.375 e. The number of carbonyl (C=O) groups excluding carboxylic acids is 2. The van der Waals surface area contributed by atoms with Crippen LogP contribution in [0.25, 0.3) is 0 Å². The van der Waals surface area contributed by atoms with Crippen molar-refractivity contribution in [3.63, 3.8) is 0 Å². The highest BCUT2D eigenvalue weighted by atomic mass is 35.5. The third-order valence-corrected chi connectivity index (χ3v) is 4.42. The number of hydrogen-bond acceptors (Lipinski definition) is 5. The van der Waals surface area contributed by atoms with Gasteiger partial charge >= 0.3 is 5.97 Å². The van der Waals surface area contributed by atoms with Gasteiger partial charge in [0.05, 0.1) is 0 Å². The van der Waals surface area contributed by atoms with Crippen molar-refractivity contribution in [3.8, 4) is 5.75 Å². The molecule has 0 aliphatic carbocycles. The Balaban J connectivity index is 1.48. The van der Waals surface area contributed by atoms with Crippen LogP contribution < -0.4 is 10.1 Å². The van der Waals surface area contributed by atoms with Crippen LogP contribution >= 0.6 is 11.6 Å². The summed E-state index contributed by atoms with van der Waals surface area (Å²) in [5, 5.41) is 3.24. The molecule has 3 rings (SSSR count). The van der Waals surface area contributed by atoms with Crippen molar-refractivity contribution in [2.75, 3.05) is 0 Å². The zero-order chi connectivity index (χ0) is 20.6. The highest BCUT2D eigenvalue weighted by Gasteiger charge is 2.21. The number of ether oxygens (including phenoxy) is 2. The van der Waals surface area contributed by atoms with Gasteiger partial charge < -0.3 is 19.2 Å². The van der Waals surface area contributed by atoms with Crippen LogP contribution in [0.2, 0.25) is 5.02 Å². The number of furan rings is 1. The molecule has 0 aliphatic heterocycles. The van der Waals surface area contributed by atoms with Gasteiger partial charge in [-0.25, -0.2) is 4.79 Å². The van der Waals surface area contributed by atoms with Crippen LogP contribution in [-0.2, 0) is 22.7 Å². The number of esters is 1. The van der Waals surface area contributed by atoms with E-state index in [0.29, 0.717) is 16.5 Å². The highest BCUT2D eigenvalue weighted by Crippen LogP contribution is 2.16. The average molecular weight is 414 g/mol. The fraction of sp³-hybridized carbons (Fsp3) is 0.182. The van der Waals surface area contributed by atoms with Crippen LogP contribution in [0.1, 0.15) is 28.8 Å². The van der Waals surface area contributed by atoms with Crippen LogP contribution in [0.15, 0.2) is 71.1 Å². The molecule has 29 heavy (non-hydrogen) atoms. The largest absolute Gasteiger partial charge is 0.486 e. The molecule has 2 aromatic carbocycles. The van der Waals surface area contributed by atoms with E-state index in [9.17, 15) is 9.59 Å². The molecule has 150 valence electrons. The number of carbonyl (C=O) groups is 2. The van der Waals surface area contributed by atoms with Crippen molar-refractivity contribution in [1.29, 1.82) is 0 Å². The van der Waals surface area contributed by atoms with E-state index in [2.05, 4.69) is 5.32 Å². The summed E-state index contributed by atoms with van der Waals surface area (Å²) >= 11 is 6.06. The van der Waals surface area contributed by atoms with Crippen LogP contribution in [0.4, 0.5) is 0 Å². The van der Waals surface area contributed by atoms with E-state index in [-0.39, 0.29) is 18.9 Å². The number of halogens is 1. The molecule has 0 bridgehead atoms. The number of benzene rings is 2. The molecule has 0 aliphatic rings. The van der Waals surface area contributed by atoms with Crippen molar-refractivity contribution in [1.82, 2.24) is 5.32 Å². The number of hydrogen-bond donors (Lipinski definition) is 1. The zero-order valence-corrected chi connectivity index (χ0v) is 16.5. The first kappa shape index (κ1) is 20.5. The number of rotatable bonds is 8. The van der Waals surface area contributed by atoms with Gasteiger partial charge in [-0.15, -0.1) is 0 Å². The second kappa shape index (κ2) is 9.80. The molecule has 1 N–H and O–H groups in total. The number of para-hydroxylation sites is 1. The molecule has 0 radical (unpaired) electrons. The summed E-state index contributed by atoms with van der Waals surface area (Å²) in [6, 6.07) is 19.5. The Labute approximate surface area is 173 Å². The minimum Gasteiger partial charge on any atom is -0.486 e. The quantitative estimate of drug-likeness (QED) is 0.555. The van der Waals surface area contributed by atoms with Gasteiger partial charge in [0, 0.05) is 11.6 Å². The van der Waals surface area contributed by atoms with E-state index < -0.39 is 18.0 Å². The van der Waals surface area contributed by atoms with Gasteiger partial charge in [0.15, 0.2) is 6.10 Å². The zero-order valence-electron chi connectivity index (χ0n) is 15.8. The fourth-order valence-electron chi connectivity index (χ4n) is 2.48. The lowest BCUT2D eigenvalue weighted by Crippen LogP contribution is -2.35. The second-order valence-electron chi connectivity index (χ2n) is 6.22. The SMILES string of the molecule is C[C@@H](OC(=O)c1ccc(COc2ccccc2)o1)C(=O)NCc1ccccc1Cl. The first-order chi connectivity index (χ1) is 14.0. The monoisotopic (exact) mass is 413 g/mol. The summed E-state index contributed by atoms with van der Waals surface area (Å²) in [5.74, 6) is 0.00435. The summed E-state index contributed by atoms with van der Waals surface area (Å²) in [6.45, 7) is 1.90. The summed E-state index contributed by atoms with van der Waals surface area (Å²) in [7, 11) is 0. The van der Waals surface area contributed by atoms with Crippen LogP contribution in [0.3, 0.4) is 0 Å². The minimum atomic E-state index is -0.987. The van der Waals surface area contributed by atoms with Crippen molar-refractivity contribution < 1.29 is 23.5 Å². The molecular formula is C22H20ClNO5. The fourth-order valence-corrected chi connectivity index (χ4v) is 2.68. The predicted octanol–water partition coefficient (Wildman–Crippen LogP) is 4.37. The molecule has 0 unspecified atom stereocenters. The summed E-state index contributed by atoms with van der Waals surface area (Å²) in [6.07, 6.45) is -0.987. The summed E-state index contributed by atoms with van der Waals surface area (Å²) in [5.41, 5.74) is 0.773. The van der Waals surface area contributed by atoms with E-state index in [1.54, 1.807) is 24.3 Å². The Morgan fingerprint density at radius 3 is 2.52 bits per heavy atom. The molecule has 1 amide bonds. The first-order valence-corrected chi connectivity index (χ1v) is 9.39. The first-order valence-electron chi connectivity index (χ1n) is 9.01. The Kier molecular flexibility index (Phi) is 6.92. The van der Waals surface area contributed by atoms with Gasteiger partial charge in [-0.2, -0.15) is 0 Å². The molecule has 0 spiro atoms.